The second-order valence-electron chi connectivity index (χ2n) is 3.35. The zero-order chi connectivity index (χ0) is 9.97. The third kappa shape index (κ3) is 1.96. The van der Waals surface area contributed by atoms with Gasteiger partial charge in [-0.2, -0.15) is 11.8 Å². The first kappa shape index (κ1) is 10.1. The highest BCUT2D eigenvalue weighted by atomic mass is 35.5. The Hall–Kier alpha value is -0.470. The Balaban J connectivity index is 2.22. The van der Waals surface area contributed by atoms with Crippen LogP contribution in [0.4, 0.5) is 0 Å². The van der Waals surface area contributed by atoms with E-state index in [2.05, 4.69) is 0 Å². The van der Waals surface area contributed by atoms with Crippen LogP contribution in [0.2, 0.25) is 5.02 Å². The Bertz CT molecular complexity index is 345. The van der Waals surface area contributed by atoms with Gasteiger partial charge in [0, 0.05) is 5.56 Å². The van der Waals surface area contributed by atoms with E-state index in [1.54, 1.807) is 17.8 Å². The summed E-state index contributed by atoms with van der Waals surface area (Å²) in [5, 5.41) is 0.708. The molecule has 1 aliphatic rings. The van der Waals surface area contributed by atoms with Gasteiger partial charge in [-0.05, 0) is 30.7 Å². The molecule has 1 aliphatic heterocycles. The van der Waals surface area contributed by atoms with Crippen LogP contribution < -0.4 is 0 Å². The van der Waals surface area contributed by atoms with Gasteiger partial charge in [0.2, 0.25) is 0 Å². The van der Waals surface area contributed by atoms with Gasteiger partial charge in [0.15, 0.2) is 5.78 Å². The summed E-state index contributed by atoms with van der Waals surface area (Å²) in [5.74, 6) is 1.29. The SMILES string of the molecule is O=C(c1ccccc1Cl)C1CCCS1. The standard InChI is InChI=1S/C11H11ClOS/c12-9-5-2-1-4-8(9)11(13)10-6-3-7-14-10/h1-2,4-5,10H,3,6-7H2. The van der Waals surface area contributed by atoms with E-state index in [4.69, 9.17) is 11.6 Å². The number of thioether (sulfide) groups is 1. The minimum absolute atomic E-state index is 0.134. The van der Waals surface area contributed by atoms with E-state index in [0.29, 0.717) is 10.6 Å². The zero-order valence-corrected chi connectivity index (χ0v) is 9.27. The van der Waals surface area contributed by atoms with Crippen LogP contribution >= 0.6 is 23.4 Å². The van der Waals surface area contributed by atoms with Crippen molar-refractivity contribution in [3.63, 3.8) is 0 Å². The Morgan fingerprint density at radius 1 is 1.43 bits per heavy atom. The Morgan fingerprint density at radius 3 is 2.86 bits per heavy atom. The highest BCUT2D eigenvalue weighted by Crippen LogP contribution is 2.30. The van der Waals surface area contributed by atoms with Crippen LogP contribution in [0.3, 0.4) is 0 Å². The summed E-state index contributed by atoms with van der Waals surface area (Å²) in [6.45, 7) is 0. The fourth-order valence-corrected chi connectivity index (χ4v) is 3.08. The molecule has 0 aromatic heterocycles. The highest BCUT2D eigenvalue weighted by molar-refractivity contribution is 8.00. The third-order valence-electron chi connectivity index (χ3n) is 2.36. The van der Waals surface area contributed by atoms with Gasteiger partial charge < -0.3 is 0 Å². The summed E-state index contributed by atoms with van der Waals surface area (Å²) >= 11 is 7.71. The van der Waals surface area contributed by atoms with E-state index >= 15 is 0 Å². The summed E-state index contributed by atoms with van der Waals surface area (Å²) < 4.78 is 0. The maximum Gasteiger partial charge on any atom is 0.177 e. The molecule has 1 unspecified atom stereocenters. The summed E-state index contributed by atoms with van der Waals surface area (Å²) in [6, 6.07) is 7.29. The van der Waals surface area contributed by atoms with Crippen molar-refractivity contribution in [3.8, 4) is 0 Å². The first-order valence-corrected chi connectivity index (χ1v) is 6.12. The van der Waals surface area contributed by atoms with Gasteiger partial charge in [0.1, 0.15) is 0 Å². The average molecular weight is 227 g/mol. The summed E-state index contributed by atoms with van der Waals surface area (Å²) in [6.07, 6.45) is 2.14. The summed E-state index contributed by atoms with van der Waals surface area (Å²) in [7, 11) is 0. The number of ketones is 1. The van der Waals surface area contributed by atoms with E-state index < -0.39 is 0 Å². The van der Waals surface area contributed by atoms with Gasteiger partial charge in [0.05, 0.1) is 10.3 Å². The number of halogens is 1. The quantitative estimate of drug-likeness (QED) is 0.719. The summed E-state index contributed by atoms with van der Waals surface area (Å²) in [5.41, 5.74) is 0.675. The third-order valence-corrected chi connectivity index (χ3v) is 4.07. The molecule has 74 valence electrons. The predicted molar refractivity (Wildman–Crippen MR) is 61.3 cm³/mol. The Morgan fingerprint density at radius 2 is 2.21 bits per heavy atom. The molecule has 14 heavy (non-hydrogen) atoms. The van der Waals surface area contributed by atoms with Crippen molar-refractivity contribution >= 4 is 29.1 Å². The molecule has 0 saturated carbocycles. The lowest BCUT2D eigenvalue weighted by atomic mass is 10.1. The monoisotopic (exact) mass is 226 g/mol. The molecule has 0 aliphatic carbocycles. The van der Waals surface area contributed by atoms with Crippen LogP contribution in [0.25, 0.3) is 0 Å². The van der Waals surface area contributed by atoms with Gasteiger partial charge >= 0.3 is 0 Å². The van der Waals surface area contributed by atoms with Crippen molar-refractivity contribution < 1.29 is 4.79 Å². The molecule has 1 aromatic rings. The van der Waals surface area contributed by atoms with Crippen LogP contribution in [0.5, 0.6) is 0 Å². The van der Waals surface area contributed by atoms with Crippen molar-refractivity contribution in [2.75, 3.05) is 5.75 Å². The molecule has 0 radical (unpaired) electrons. The summed E-state index contributed by atoms with van der Waals surface area (Å²) in [4.78, 5) is 12.0. The molecule has 1 heterocycles. The molecular formula is C11H11ClOS. The molecule has 0 N–H and O–H groups in total. The van der Waals surface area contributed by atoms with Gasteiger partial charge in [-0.1, -0.05) is 23.7 Å². The first-order valence-electron chi connectivity index (χ1n) is 4.69. The van der Waals surface area contributed by atoms with Crippen molar-refractivity contribution in [3.05, 3.63) is 34.9 Å². The van der Waals surface area contributed by atoms with Crippen LogP contribution in [0.1, 0.15) is 23.2 Å². The predicted octanol–water partition coefficient (Wildman–Crippen LogP) is 3.42. The fraction of sp³-hybridized carbons (Fsp3) is 0.364. The maximum atomic E-state index is 12.0. The van der Waals surface area contributed by atoms with E-state index in [1.807, 2.05) is 18.2 Å². The molecule has 1 aromatic carbocycles. The smallest absolute Gasteiger partial charge is 0.177 e. The van der Waals surface area contributed by atoms with Gasteiger partial charge in [0.25, 0.3) is 0 Å². The van der Waals surface area contributed by atoms with Crippen LogP contribution in [0, 0.1) is 0 Å². The number of rotatable bonds is 2. The van der Waals surface area contributed by atoms with Gasteiger partial charge in [-0.15, -0.1) is 0 Å². The highest BCUT2D eigenvalue weighted by Gasteiger charge is 2.25. The minimum Gasteiger partial charge on any atom is -0.293 e. The molecular weight excluding hydrogens is 216 g/mol. The topological polar surface area (TPSA) is 17.1 Å². The minimum atomic E-state index is 0.134. The van der Waals surface area contributed by atoms with Gasteiger partial charge in [-0.25, -0.2) is 0 Å². The lowest BCUT2D eigenvalue weighted by Gasteiger charge is -2.08. The first-order chi connectivity index (χ1) is 6.79. The number of Topliss-reactive ketones (excluding diaryl/α,β-unsaturated/α-hetero) is 1. The molecule has 1 fully saturated rings. The molecule has 1 nitrogen and oxygen atoms in total. The zero-order valence-electron chi connectivity index (χ0n) is 7.70. The molecule has 0 amide bonds. The van der Waals surface area contributed by atoms with Crippen LogP contribution in [-0.2, 0) is 0 Å². The average Bonchev–Trinajstić information content (AvgIpc) is 2.70. The van der Waals surface area contributed by atoms with Crippen molar-refractivity contribution in [1.29, 1.82) is 0 Å². The molecule has 0 spiro atoms. The van der Waals surface area contributed by atoms with Crippen molar-refractivity contribution in [2.24, 2.45) is 0 Å². The number of carbonyl (C=O) groups is 1. The second-order valence-corrected chi connectivity index (χ2v) is 5.06. The van der Waals surface area contributed by atoms with Crippen LogP contribution in [0.15, 0.2) is 24.3 Å². The molecule has 0 bridgehead atoms. The van der Waals surface area contributed by atoms with Crippen LogP contribution in [-0.4, -0.2) is 16.8 Å². The lowest BCUT2D eigenvalue weighted by Crippen LogP contribution is -2.14. The largest absolute Gasteiger partial charge is 0.293 e. The lowest BCUT2D eigenvalue weighted by molar-refractivity contribution is 0.0988. The maximum absolute atomic E-state index is 12.0. The van der Waals surface area contributed by atoms with Crippen molar-refractivity contribution in [1.82, 2.24) is 0 Å². The second kappa shape index (κ2) is 4.37. The molecule has 2 rings (SSSR count). The molecule has 1 atom stereocenters. The molecule has 1 saturated heterocycles. The fourth-order valence-electron chi connectivity index (χ4n) is 1.62. The normalized spacial score (nSPS) is 21.1. The number of carbonyl (C=O) groups excluding carboxylic acids is 1. The van der Waals surface area contributed by atoms with E-state index in [9.17, 15) is 4.79 Å². The van der Waals surface area contributed by atoms with Crippen molar-refractivity contribution in [2.45, 2.75) is 18.1 Å². The number of hydrogen-bond acceptors (Lipinski definition) is 2. The van der Waals surface area contributed by atoms with Gasteiger partial charge in [-0.3, -0.25) is 4.79 Å². The Kier molecular flexibility index (Phi) is 3.14. The molecule has 3 heteroatoms. The van der Waals surface area contributed by atoms with E-state index in [0.717, 1.165) is 18.6 Å². The number of benzene rings is 1. The van der Waals surface area contributed by atoms with E-state index in [-0.39, 0.29) is 11.0 Å². The van der Waals surface area contributed by atoms with E-state index in [1.165, 1.54) is 0 Å². The number of hydrogen-bond donors (Lipinski definition) is 0. The Labute approximate surface area is 92.8 Å².